The van der Waals surface area contributed by atoms with E-state index in [-0.39, 0.29) is 24.5 Å². The third-order valence-electron chi connectivity index (χ3n) is 2.77. The lowest BCUT2D eigenvalue weighted by Crippen LogP contribution is -2.20. The topological polar surface area (TPSA) is 98.0 Å². The highest BCUT2D eigenvalue weighted by atomic mass is 31.2. The molecule has 1 N–H and O–H groups in total. The second-order valence-corrected chi connectivity index (χ2v) is 6.04. The number of aliphatic hydroxyl groups excluding tert-OH is 1. The molecule has 0 bridgehead atoms. The fraction of sp³-hybridized carbons (Fsp3) is 0.357. The number of aliphatic hydroxyl groups is 1. The SMILES string of the molecule is [B][C@H]1C=C(OP(=O)(OCCC#N)Oc2ccccc2)[C@@H](CO)O1. The molecule has 0 saturated heterocycles. The van der Waals surface area contributed by atoms with Crippen LogP contribution in [0.25, 0.3) is 0 Å². The van der Waals surface area contributed by atoms with Crippen molar-refractivity contribution in [2.75, 3.05) is 13.2 Å². The average Bonchev–Trinajstić information content (AvgIpc) is 2.87. The molecule has 0 fully saturated rings. The lowest BCUT2D eigenvalue weighted by Gasteiger charge is -2.21. The van der Waals surface area contributed by atoms with Crippen molar-refractivity contribution in [1.82, 2.24) is 0 Å². The fourth-order valence-corrected chi connectivity index (χ4v) is 3.08. The summed E-state index contributed by atoms with van der Waals surface area (Å²) in [4.78, 5) is 0. The van der Waals surface area contributed by atoms with Gasteiger partial charge in [0.05, 0.1) is 25.7 Å². The Balaban J connectivity index is 2.14. The number of rotatable bonds is 8. The van der Waals surface area contributed by atoms with E-state index in [0.29, 0.717) is 0 Å². The van der Waals surface area contributed by atoms with Crippen LogP contribution in [-0.2, 0) is 18.3 Å². The van der Waals surface area contributed by atoms with Crippen LogP contribution in [0.2, 0.25) is 0 Å². The lowest BCUT2D eigenvalue weighted by molar-refractivity contribution is 0.0322. The first kappa shape index (κ1) is 17.6. The predicted molar refractivity (Wildman–Crippen MR) is 81.5 cm³/mol. The molecular weight excluding hydrogens is 320 g/mol. The first-order valence-corrected chi connectivity index (χ1v) is 8.32. The molecule has 0 saturated carbocycles. The van der Waals surface area contributed by atoms with Crippen LogP contribution in [0.15, 0.2) is 42.2 Å². The van der Waals surface area contributed by atoms with Crippen molar-refractivity contribution < 1.29 is 28.0 Å². The smallest absolute Gasteiger partial charge is 0.397 e. The molecule has 120 valence electrons. The lowest BCUT2D eigenvalue weighted by atomic mass is 10.0. The van der Waals surface area contributed by atoms with Crippen molar-refractivity contribution in [3.05, 3.63) is 42.2 Å². The van der Waals surface area contributed by atoms with Gasteiger partial charge in [0.1, 0.15) is 25.5 Å². The van der Waals surface area contributed by atoms with E-state index in [1.165, 1.54) is 6.08 Å². The fourth-order valence-electron chi connectivity index (χ4n) is 1.80. The Kier molecular flexibility index (Phi) is 6.25. The quantitative estimate of drug-likeness (QED) is 0.440. The van der Waals surface area contributed by atoms with Crippen LogP contribution in [0.5, 0.6) is 5.75 Å². The number of benzene rings is 1. The first-order chi connectivity index (χ1) is 11.1. The van der Waals surface area contributed by atoms with Gasteiger partial charge in [-0.05, 0) is 18.2 Å². The minimum Gasteiger partial charge on any atom is -0.397 e. The number of hydrogen-bond acceptors (Lipinski definition) is 7. The van der Waals surface area contributed by atoms with Crippen LogP contribution in [0.1, 0.15) is 6.42 Å². The van der Waals surface area contributed by atoms with Crippen LogP contribution < -0.4 is 4.52 Å². The molecule has 3 atom stereocenters. The molecular formula is C14H15BNO6P. The van der Waals surface area contributed by atoms with Gasteiger partial charge in [-0.3, -0.25) is 4.52 Å². The highest BCUT2D eigenvalue weighted by Crippen LogP contribution is 2.52. The number of para-hydroxylation sites is 1. The Bertz CT molecular complexity index is 632. The highest BCUT2D eigenvalue weighted by molar-refractivity contribution is 7.49. The normalized spacial score (nSPS) is 22.7. The summed E-state index contributed by atoms with van der Waals surface area (Å²) in [6.45, 7) is -0.534. The van der Waals surface area contributed by atoms with E-state index in [0.717, 1.165) is 0 Å². The Morgan fingerprint density at radius 2 is 2.09 bits per heavy atom. The van der Waals surface area contributed by atoms with Crippen LogP contribution in [0.4, 0.5) is 0 Å². The molecule has 0 aromatic heterocycles. The Labute approximate surface area is 135 Å². The number of nitrogens with zero attached hydrogens (tertiary/aromatic N) is 1. The minimum absolute atomic E-state index is 0.0178. The van der Waals surface area contributed by atoms with E-state index in [1.54, 1.807) is 30.3 Å². The van der Waals surface area contributed by atoms with E-state index in [2.05, 4.69) is 0 Å². The molecule has 0 aliphatic carbocycles. The molecule has 9 heteroatoms. The molecule has 1 unspecified atom stereocenters. The Morgan fingerprint density at radius 3 is 2.74 bits per heavy atom. The van der Waals surface area contributed by atoms with E-state index >= 15 is 0 Å². The van der Waals surface area contributed by atoms with Gasteiger partial charge in [-0.1, -0.05) is 18.2 Å². The number of hydrogen-bond donors (Lipinski definition) is 1. The van der Waals surface area contributed by atoms with Gasteiger partial charge in [-0.2, -0.15) is 5.26 Å². The number of ether oxygens (including phenoxy) is 1. The van der Waals surface area contributed by atoms with E-state index in [9.17, 15) is 9.67 Å². The summed E-state index contributed by atoms with van der Waals surface area (Å²) < 4.78 is 33.7. The third-order valence-corrected chi connectivity index (χ3v) is 4.14. The zero-order valence-corrected chi connectivity index (χ0v) is 13.1. The van der Waals surface area contributed by atoms with Crippen LogP contribution >= 0.6 is 7.82 Å². The van der Waals surface area contributed by atoms with Gasteiger partial charge in [0.25, 0.3) is 0 Å². The summed E-state index contributed by atoms with van der Waals surface area (Å²) >= 11 is 0. The zero-order valence-electron chi connectivity index (χ0n) is 12.2. The molecule has 23 heavy (non-hydrogen) atoms. The maximum Gasteiger partial charge on any atom is 0.587 e. The van der Waals surface area contributed by atoms with Crippen molar-refractivity contribution in [3.63, 3.8) is 0 Å². The number of phosphoric acid groups is 1. The van der Waals surface area contributed by atoms with E-state index in [1.807, 2.05) is 6.07 Å². The molecule has 1 aliphatic heterocycles. The summed E-state index contributed by atoms with van der Waals surface area (Å²) in [5, 5.41) is 17.8. The first-order valence-electron chi connectivity index (χ1n) is 6.85. The van der Waals surface area contributed by atoms with E-state index < -0.39 is 26.5 Å². The number of nitriles is 1. The standard InChI is InChI=1S/C14H15BNO6P/c15-14-9-12(13(10-17)20-14)22-23(18,19-8-4-7-16)21-11-5-2-1-3-6-11/h1-3,5-6,9,13-14,17H,4,8,10H2/t13-,14-,23?/m1/s1. The van der Waals surface area contributed by atoms with Crippen molar-refractivity contribution >= 4 is 15.7 Å². The molecule has 2 rings (SSSR count). The highest BCUT2D eigenvalue weighted by Gasteiger charge is 2.36. The zero-order chi connectivity index (χ0) is 16.7. The predicted octanol–water partition coefficient (Wildman–Crippen LogP) is 1.89. The molecule has 1 aliphatic rings. The van der Waals surface area contributed by atoms with Crippen LogP contribution in [-0.4, -0.2) is 38.3 Å². The maximum absolute atomic E-state index is 12.8. The summed E-state index contributed by atoms with van der Waals surface area (Å²) in [6.07, 6.45) is 0.539. The minimum atomic E-state index is -4.06. The Hall–Kier alpha value is -1.78. The van der Waals surface area contributed by atoms with Gasteiger partial charge in [0.2, 0.25) is 0 Å². The molecule has 7 nitrogen and oxygen atoms in total. The van der Waals surface area contributed by atoms with Crippen molar-refractivity contribution in [2.45, 2.75) is 18.5 Å². The molecule has 0 amide bonds. The Morgan fingerprint density at radius 1 is 1.35 bits per heavy atom. The van der Waals surface area contributed by atoms with Gasteiger partial charge in [0.15, 0.2) is 0 Å². The molecule has 0 spiro atoms. The molecule has 1 aromatic carbocycles. The number of phosphoric ester groups is 1. The van der Waals surface area contributed by atoms with Gasteiger partial charge in [-0.15, -0.1) is 0 Å². The van der Waals surface area contributed by atoms with Crippen LogP contribution in [0, 0.1) is 11.3 Å². The van der Waals surface area contributed by atoms with Crippen molar-refractivity contribution in [1.29, 1.82) is 5.26 Å². The second-order valence-electron chi connectivity index (χ2n) is 4.53. The van der Waals surface area contributed by atoms with Crippen molar-refractivity contribution in [3.8, 4) is 11.8 Å². The van der Waals surface area contributed by atoms with Crippen LogP contribution in [0.3, 0.4) is 0 Å². The van der Waals surface area contributed by atoms with Gasteiger partial charge in [0, 0.05) is 6.00 Å². The largest absolute Gasteiger partial charge is 0.587 e. The molecule has 1 heterocycles. The molecule has 1 aromatic rings. The average molecular weight is 335 g/mol. The summed E-state index contributed by atoms with van der Waals surface area (Å²) in [5.41, 5.74) is 0. The van der Waals surface area contributed by atoms with Gasteiger partial charge >= 0.3 is 7.82 Å². The summed E-state index contributed by atoms with van der Waals surface area (Å²) in [7, 11) is 1.52. The van der Waals surface area contributed by atoms with E-state index in [4.69, 9.17) is 31.4 Å². The summed E-state index contributed by atoms with van der Waals surface area (Å²) in [5.74, 6) is 0.341. The monoisotopic (exact) mass is 335 g/mol. The maximum atomic E-state index is 12.8. The van der Waals surface area contributed by atoms with Gasteiger partial charge in [-0.25, -0.2) is 4.57 Å². The second kappa shape index (κ2) is 8.18. The van der Waals surface area contributed by atoms with Crippen molar-refractivity contribution in [2.24, 2.45) is 0 Å². The summed E-state index contributed by atoms with van der Waals surface area (Å²) in [6, 6.07) is 9.40. The molecule has 2 radical (unpaired) electrons. The third kappa shape index (κ3) is 5.12. The van der Waals surface area contributed by atoms with Gasteiger partial charge < -0.3 is 18.9 Å².